The number of amides is 2. The molecule has 230 valence electrons. The molecule has 0 radical (unpaired) electrons. The normalized spacial score (nSPS) is 10.8. The standard InChI is InChI=1S/C21H25N5O2.2C2HF3O2/c1-28-20-5-2-4-16(12-20)15-26(11-3-10-22)21(27)25-19-8-6-17(7-9-19)18-13-23-24-14-18;2*3-2(4,5)1(6)7/h2,4-9,12-14H,3,10-11,15,22H2,1H3,(H,23,24)(H,25,27);2*(H,6,7). The van der Waals surface area contributed by atoms with E-state index in [9.17, 15) is 31.1 Å². The van der Waals surface area contributed by atoms with Crippen LogP contribution in [0.3, 0.4) is 0 Å². The number of carboxylic acids is 2. The number of nitrogens with two attached hydrogens (primary N) is 1. The van der Waals surface area contributed by atoms with Gasteiger partial charge < -0.3 is 30.9 Å². The summed E-state index contributed by atoms with van der Waals surface area (Å²) in [4.78, 5) is 32.4. The number of alkyl halides is 6. The second-order valence-electron chi connectivity index (χ2n) is 8.02. The van der Waals surface area contributed by atoms with Crippen molar-refractivity contribution in [2.24, 2.45) is 5.73 Å². The smallest absolute Gasteiger partial charge is 0.490 e. The lowest BCUT2D eigenvalue weighted by Gasteiger charge is -2.23. The highest BCUT2D eigenvalue weighted by atomic mass is 19.4. The molecule has 1 aromatic heterocycles. The van der Waals surface area contributed by atoms with Crippen LogP contribution >= 0.6 is 0 Å². The van der Waals surface area contributed by atoms with Crippen LogP contribution in [-0.2, 0) is 16.1 Å². The number of nitrogens with zero attached hydrogens (tertiary/aromatic N) is 2. The van der Waals surface area contributed by atoms with Crippen molar-refractivity contribution in [3.8, 4) is 16.9 Å². The number of hydrogen-bond acceptors (Lipinski definition) is 6. The molecule has 0 aliphatic heterocycles. The Balaban J connectivity index is 0.000000522. The third-order valence-corrected chi connectivity index (χ3v) is 4.88. The van der Waals surface area contributed by atoms with E-state index < -0.39 is 24.3 Å². The number of nitrogens with one attached hydrogen (secondary N) is 2. The van der Waals surface area contributed by atoms with Crippen molar-refractivity contribution in [1.82, 2.24) is 15.1 Å². The predicted molar refractivity (Wildman–Crippen MR) is 137 cm³/mol. The molecule has 0 saturated carbocycles. The number of H-pyrrole nitrogens is 1. The van der Waals surface area contributed by atoms with Crippen LogP contribution in [0.5, 0.6) is 5.75 Å². The summed E-state index contributed by atoms with van der Waals surface area (Å²) in [6.45, 7) is 1.59. The Morgan fingerprint density at radius 1 is 0.976 bits per heavy atom. The summed E-state index contributed by atoms with van der Waals surface area (Å²) in [7, 11) is 1.63. The molecule has 0 unspecified atom stereocenters. The van der Waals surface area contributed by atoms with Crippen molar-refractivity contribution in [1.29, 1.82) is 0 Å². The number of carbonyl (C=O) groups excluding carboxylic acids is 1. The lowest BCUT2D eigenvalue weighted by Crippen LogP contribution is -2.36. The predicted octanol–water partition coefficient (Wildman–Crippen LogP) is 4.73. The van der Waals surface area contributed by atoms with E-state index in [4.69, 9.17) is 30.3 Å². The summed E-state index contributed by atoms with van der Waals surface area (Å²) in [5.41, 5.74) is 9.42. The first-order chi connectivity index (χ1) is 19.6. The fourth-order valence-corrected chi connectivity index (χ4v) is 2.88. The number of rotatable bonds is 8. The van der Waals surface area contributed by atoms with Crippen molar-refractivity contribution >= 4 is 23.7 Å². The van der Waals surface area contributed by atoms with Gasteiger partial charge in [-0.25, -0.2) is 14.4 Å². The van der Waals surface area contributed by atoms with E-state index in [1.807, 2.05) is 54.7 Å². The Kier molecular flexibility index (Phi) is 13.8. The van der Waals surface area contributed by atoms with E-state index >= 15 is 0 Å². The highest BCUT2D eigenvalue weighted by molar-refractivity contribution is 5.89. The quantitative estimate of drug-likeness (QED) is 0.229. The SMILES string of the molecule is COc1cccc(CN(CCCN)C(=O)Nc2ccc(-c3cn[nH]c3)cc2)c1.O=C(O)C(F)(F)F.O=C(O)C(F)(F)F. The fraction of sp³-hybridized carbons (Fsp3) is 0.280. The van der Waals surface area contributed by atoms with E-state index in [0.29, 0.717) is 19.6 Å². The van der Waals surface area contributed by atoms with Crippen LogP contribution < -0.4 is 15.8 Å². The number of aromatic amines is 1. The number of urea groups is 1. The van der Waals surface area contributed by atoms with Crippen LogP contribution in [0.4, 0.5) is 36.8 Å². The van der Waals surface area contributed by atoms with Crippen molar-refractivity contribution < 1.29 is 55.7 Å². The van der Waals surface area contributed by atoms with E-state index in [-0.39, 0.29) is 6.03 Å². The maximum absolute atomic E-state index is 12.8. The third kappa shape index (κ3) is 13.0. The molecule has 3 aromatic rings. The minimum absolute atomic E-state index is 0.160. The second-order valence-corrected chi connectivity index (χ2v) is 8.02. The Morgan fingerprint density at radius 3 is 2.00 bits per heavy atom. The molecule has 0 bridgehead atoms. The largest absolute Gasteiger partial charge is 0.497 e. The highest BCUT2D eigenvalue weighted by Gasteiger charge is 2.38. The molecule has 1 heterocycles. The molecule has 6 N–H and O–H groups in total. The average Bonchev–Trinajstić information content (AvgIpc) is 3.46. The second kappa shape index (κ2) is 16.5. The maximum atomic E-state index is 12.8. The molecule has 42 heavy (non-hydrogen) atoms. The molecule has 2 amide bonds. The first-order valence-electron chi connectivity index (χ1n) is 11.7. The van der Waals surface area contributed by atoms with E-state index in [1.165, 1.54) is 0 Å². The van der Waals surface area contributed by atoms with Gasteiger partial charge in [-0.3, -0.25) is 5.10 Å². The van der Waals surface area contributed by atoms with Gasteiger partial charge in [0.2, 0.25) is 0 Å². The first kappa shape index (κ1) is 35.2. The van der Waals surface area contributed by atoms with Crippen LogP contribution in [0.1, 0.15) is 12.0 Å². The molecular formula is C25H27F6N5O6. The number of aliphatic carboxylic acids is 2. The number of carboxylic acid groups (broad SMARTS) is 2. The zero-order valence-corrected chi connectivity index (χ0v) is 21.9. The molecule has 0 fully saturated rings. The summed E-state index contributed by atoms with van der Waals surface area (Å²) < 4.78 is 68.7. The zero-order valence-electron chi connectivity index (χ0n) is 21.9. The molecular weight excluding hydrogens is 580 g/mol. The van der Waals surface area contributed by atoms with Gasteiger partial charge in [0, 0.05) is 30.5 Å². The monoisotopic (exact) mass is 607 g/mol. The van der Waals surface area contributed by atoms with Crippen LogP contribution in [0.25, 0.3) is 11.1 Å². The van der Waals surface area contributed by atoms with Crippen LogP contribution in [0, 0.1) is 0 Å². The number of hydrogen-bond donors (Lipinski definition) is 5. The van der Waals surface area contributed by atoms with Gasteiger partial charge in [0.05, 0.1) is 13.3 Å². The van der Waals surface area contributed by atoms with Crippen LogP contribution in [-0.4, -0.2) is 75.8 Å². The molecule has 3 rings (SSSR count). The first-order valence-corrected chi connectivity index (χ1v) is 11.7. The van der Waals surface area contributed by atoms with Gasteiger partial charge in [0.1, 0.15) is 5.75 Å². The molecule has 0 saturated heterocycles. The highest BCUT2D eigenvalue weighted by Crippen LogP contribution is 2.21. The summed E-state index contributed by atoms with van der Waals surface area (Å²) in [5, 5.41) is 24.0. The van der Waals surface area contributed by atoms with Gasteiger partial charge in [-0.15, -0.1) is 0 Å². The maximum Gasteiger partial charge on any atom is 0.490 e. The fourth-order valence-electron chi connectivity index (χ4n) is 2.88. The van der Waals surface area contributed by atoms with E-state index in [2.05, 4.69) is 15.5 Å². The van der Waals surface area contributed by atoms with E-state index in [0.717, 1.165) is 34.5 Å². The zero-order chi connectivity index (χ0) is 31.9. The van der Waals surface area contributed by atoms with Crippen molar-refractivity contribution in [2.75, 3.05) is 25.5 Å². The van der Waals surface area contributed by atoms with Crippen LogP contribution in [0.2, 0.25) is 0 Å². The lowest BCUT2D eigenvalue weighted by molar-refractivity contribution is -0.193. The number of aromatic nitrogens is 2. The van der Waals surface area contributed by atoms with Crippen molar-refractivity contribution in [3.63, 3.8) is 0 Å². The van der Waals surface area contributed by atoms with Crippen molar-refractivity contribution in [2.45, 2.75) is 25.3 Å². The lowest BCUT2D eigenvalue weighted by atomic mass is 10.1. The number of benzene rings is 2. The number of carbonyl (C=O) groups is 3. The number of anilines is 1. The Hall–Kier alpha value is -4.80. The van der Waals surface area contributed by atoms with Gasteiger partial charge >= 0.3 is 30.3 Å². The van der Waals surface area contributed by atoms with Gasteiger partial charge in [-0.1, -0.05) is 24.3 Å². The van der Waals surface area contributed by atoms with Crippen molar-refractivity contribution in [3.05, 3.63) is 66.5 Å². The molecule has 0 atom stereocenters. The Labute approximate surface area is 234 Å². The Bertz CT molecular complexity index is 1240. The topological polar surface area (TPSA) is 171 Å². The van der Waals surface area contributed by atoms with Gasteiger partial charge in [0.15, 0.2) is 0 Å². The minimum Gasteiger partial charge on any atom is -0.497 e. The van der Waals surface area contributed by atoms with Crippen LogP contribution in [0.15, 0.2) is 60.9 Å². The Morgan fingerprint density at radius 2 is 1.55 bits per heavy atom. The molecule has 0 aliphatic carbocycles. The number of methoxy groups -OCH3 is 1. The number of ether oxygens (including phenoxy) is 1. The summed E-state index contributed by atoms with van der Waals surface area (Å²) in [5.74, 6) is -4.74. The summed E-state index contributed by atoms with van der Waals surface area (Å²) in [6, 6.07) is 15.2. The minimum atomic E-state index is -5.08. The molecule has 11 nitrogen and oxygen atoms in total. The molecule has 0 aliphatic rings. The van der Waals surface area contributed by atoms with Gasteiger partial charge in [-0.05, 0) is 48.4 Å². The summed E-state index contributed by atoms with van der Waals surface area (Å²) in [6.07, 6.45) is -5.84. The average molecular weight is 608 g/mol. The molecule has 2 aromatic carbocycles. The molecule has 17 heteroatoms. The number of halogens is 6. The third-order valence-electron chi connectivity index (χ3n) is 4.88. The molecule has 0 spiro atoms. The van der Waals surface area contributed by atoms with Gasteiger partial charge in [-0.2, -0.15) is 31.4 Å². The van der Waals surface area contributed by atoms with Gasteiger partial charge in [0.25, 0.3) is 0 Å². The summed E-state index contributed by atoms with van der Waals surface area (Å²) >= 11 is 0. The van der Waals surface area contributed by atoms with E-state index in [1.54, 1.807) is 18.2 Å².